The maximum atomic E-state index is 12.6. The van der Waals surface area contributed by atoms with Crippen molar-refractivity contribution in [1.29, 1.82) is 0 Å². The molecular weight excluding hydrogens is 436 g/mol. The fourth-order valence-corrected chi connectivity index (χ4v) is 4.33. The first kappa shape index (κ1) is 22.5. The molecule has 0 unspecified atom stereocenters. The predicted molar refractivity (Wildman–Crippen MR) is 129 cm³/mol. The predicted octanol–water partition coefficient (Wildman–Crippen LogP) is 4.94. The van der Waals surface area contributed by atoms with Crippen LogP contribution in [-0.4, -0.2) is 25.6 Å². The van der Waals surface area contributed by atoms with Crippen molar-refractivity contribution in [2.24, 2.45) is 5.14 Å². The van der Waals surface area contributed by atoms with Crippen LogP contribution in [0.25, 0.3) is 28.1 Å². The number of carbonyl (C=O) groups is 1. The molecule has 0 amide bonds. The second kappa shape index (κ2) is 9.05. The van der Waals surface area contributed by atoms with Gasteiger partial charge in [-0.3, -0.25) is 0 Å². The minimum absolute atomic E-state index is 0.0236. The van der Waals surface area contributed by atoms with Crippen LogP contribution in [0, 0.1) is 6.92 Å². The van der Waals surface area contributed by atoms with E-state index in [2.05, 4.69) is 0 Å². The van der Waals surface area contributed by atoms with Crippen LogP contribution in [0.15, 0.2) is 89.8 Å². The Kier molecular flexibility index (Phi) is 6.18. The lowest BCUT2D eigenvalue weighted by molar-refractivity contribution is 0.0525. The third-order valence-electron chi connectivity index (χ3n) is 5.45. The van der Waals surface area contributed by atoms with E-state index in [9.17, 15) is 13.2 Å². The van der Waals surface area contributed by atoms with Gasteiger partial charge in [0, 0.05) is 11.4 Å². The second-order valence-electron chi connectivity index (χ2n) is 7.57. The van der Waals surface area contributed by atoms with Gasteiger partial charge in [0.25, 0.3) is 0 Å². The quantitative estimate of drug-likeness (QED) is 0.413. The Labute approximate surface area is 193 Å². The first-order valence-corrected chi connectivity index (χ1v) is 12.0. The average Bonchev–Trinajstić information content (AvgIpc) is 3.16. The van der Waals surface area contributed by atoms with Crippen molar-refractivity contribution in [1.82, 2.24) is 4.57 Å². The van der Waals surface area contributed by atoms with Crippen molar-refractivity contribution in [2.45, 2.75) is 18.7 Å². The first-order valence-electron chi connectivity index (χ1n) is 10.5. The van der Waals surface area contributed by atoms with Crippen molar-refractivity contribution in [3.8, 4) is 28.1 Å². The third-order valence-corrected chi connectivity index (χ3v) is 6.38. The Bertz CT molecular complexity index is 1390. The Morgan fingerprint density at radius 1 is 0.879 bits per heavy atom. The smallest absolute Gasteiger partial charge is 0.339 e. The molecule has 7 heteroatoms. The van der Waals surface area contributed by atoms with Crippen LogP contribution in [0.3, 0.4) is 0 Å². The van der Waals surface area contributed by atoms with Gasteiger partial charge in [-0.05, 0) is 60.9 Å². The van der Waals surface area contributed by atoms with Crippen LogP contribution >= 0.6 is 0 Å². The van der Waals surface area contributed by atoms with Gasteiger partial charge < -0.3 is 9.30 Å². The standard InChI is InChI=1S/C26H24N2O4S/c1-3-32-26(29)24-17-25(21-11-9-20(10-12-21)19-7-5-4-6-8-19)28(18(24)2)22-13-15-23(16-14-22)33(27,30)31/h4-17H,3H2,1-2H3,(H2,27,30,31). The molecule has 0 atom stereocenters. The van der Waals surface area contributed by atoms with Crippen molar-refractivity contribution >= 4 is 16.0 Å². The van der Waals surface area contributed by atoms with E-state index in [1.807, 2.05) is 66.1 Å². The number of nitrogens with two attached hydrogens (primary N) is 1. The van der Waals surface area contributed by atoms with E-state index < -0.39 is 16.0 Å². The molecule has 0 saturated heterocycles. The van der Waals surface area contributed by atoms with E-state index in [-0.39, 0.29) is 11.5 Å². The molecule has 1 heterocycles. The van der Waals surface area contributed by atoms with Gasteiger partial charge in [0.1, 0.15) is 0 Å². The summed E-state index contributed by atoms with van der Waals surface area (Å²) in [6.07, 6.45) is 0. The number of esters is 1. The minimum atomic E-state index is -3.80. The minimum Gasteiger partial charge on any atom is -0.462 e. The normalized spacial score (nSPS) is 11.4. The van der Waals surface area contributed by atoms with E-state index >= 15 is 0 Å². The van der Waals surface area contributed by atoms with Crippen LogP contribution in [-0.2, 0) is 14.8 Å². The van der Waals surface area contributed by atoms with Crippen molar-refractivity contribution in [3.63, 3.8) is 0 Å². The molecule has 4 aromatic rings. The zero-order valence-electron chi connectivity index (χ0n) is 18.4. The summed E-state index contributed by atoms with van der Waals surface area (Å²) < 4.78 is 30.5. The summed E-state index contributed by atoms with van der Waals surface area (Å²) in [5.74, 6) is -0.405. The van der Waals surface area contributed by atoms with Gasteiger partial charge in [0.2, 0.25) is 10.0 Å². The van der Waals surface area contributed by atoms with Gasteiger partial charge in [-0.1, -0.05) is 54.6 Å². The number of benzene rings is 3. The van der Waals surface area contributed by atoms with Gasteiger partial charge in [-0.25, -0.2) is 18.4 Å². The topological polar surface area (TPSA) is 91.4 Å². The summed E-state index contributed by atoms with van der Waals surface area (Å²) in [5.41, 5.74) is 5.74. The van der Waals surface area contributed by atoms with E-state index in [0.717, 1.165) is 22.4 Å². The maximum absolute atomic E-state index is 12.6. The Morgan fingerprint density at radius 2 is 1.45 bits per heavy atom. The lowest BCUT2D eigenvalue weighted by atomic mass is 10.0. The average molecular weight is 461 g/mol. The molecular formula is C26H24N2O4S. The molecule has 0 aliphatic heterocycles. The van der Waals surface area contributed by atoms with Crippen molar-refractivity contribution in [2.75, 3.05) is 6.61 Å². The Morgan fingerprint density at radius 3 is 2.03 bits per heavy atom. The van der Waals surface area contributed by atoms with Crippen LogP contribution in [0.1, 0.15) is 23.0 Å². The van der Waals surface area contributed by atoms with Crippen LogP contribution in [0.2, 0.25) is 0 Å². The molecule has 33 heavy (non-hydrogen) atoms. The molecule has 3 aromatic carbocycles. The Hall–Kier alpha value is -3.68. The summed E-state index contributed by atoms with van der Waals surface area (Å²) >= 11 is 0. The fraction of sp³-hybridized carbons (Fsp3) is 0.115. The van der Waals surface area contributed by atoms with E-state index in [1.165, 1.54) is 12.1 Å². The molecule has 168 valence electrons. The number of sulfonamides is 1. The van der Waals surface area contributed by atoms with Crippen molar-refractivity contribution < 1.29 is 17.9 Å². The molecule has 0 aliphatic rings. The van der Waals surface area contributed by atoms with Gasteiger partial charge >= 0.3 is 5.97 Å². The number of primary sulfonamides is 1. The van der Waals surface area contributed by atoms with E-state index in [4.69, 9.17) is 9.88 Å². The highest BCUT2D eigenvalue weighted by atomic mass is 32.2. The number of carbonyl (C=O) groups excluding carboxylic acids is 1. The molecule has 0 saturated carbocycles. The van der Waals surface area contributed by atoms with Gasteiger partial charge in [0.05, 0.1) is 22.8 Å². The number of hydrogen-bond acceptors (Lipinski definition) is 4. The monoisotopic (exact) mass is 460 g/mol. The lowest BCUT2D eigenvalue weighted by Crippen LogP contribution is -2.12. The van der Waals surface area contributed by atoms with Crippen molar-refractivity contribution in [3.05, 3.63) is 96.2 Å². The lowest BCUT2D eigenvalue weighted by Gasteiger charge is -2.13. The SMILES string of the molecule is CCOC(=O)c1cc(-c2ccc(-c3ccccc3)cc2)n(-c2ccc(S(N)(=O)=O)cc2)c1C. The second-order valence-corrected chi connectivity index (χ2v) is 9.13. The molecule has 4 rings (SSSR count). The number of rotatable bonds is 6. The summed E-state index contributed by atoms with van der Waals surface area (Å²) in [4.78, 5) is 12.6. The Balaban J connectivity index is 1.83. The zero-order chi connectivity index (χ0) is 23.6. The maximum Gasteiger partial charge on any atom is 0.339 e. The third kappa shape index (κ3) is 4.60. The highest BCUT2D eigenvalue weighted by Crippen LogP contribution is 2.32. The fourth-order valence-electron chi connectivity index (χ4n) is 3.82. The number of nitrogens with zero attached hydrogens (tertiary/aromatic N) is 1. The highest BCUT2D eigenvalue weighted by molar-refractivity contribution is 7.89. The molecule has 2 N–H and O–H groups in total. The summed E-state index contributed by atoms with van der Waals surface area (Å²) in [6.45, 7) is 3.87. The highest BCUT2D eigenvalue weighted by Gasteiger charge is 2.21. The summed E-state index contributed by atoms with van der Waals surface area (Å²) in [7, 11) is -3.80. The van der Waals surface area contributed by atoms with Gasteiger partial charge in [-0.2, -0.15) is 0 Å². The molecule has 0 radical (unpaired) electrons. The molecule has 0 spiro atoms. The molecule has 6 nitrogen and oxygen atoms in total. The molecule has 0 aliphatic carbocycles. The van der Waals surface area contributed by atoms with Crippen LogP contribution < -0.4 is 5.14 Å². The first-order chi connectivity index (χ1) is 15.8. The molecule has 0 fully saturated rings. The summed E-state index contributed by atoms with van der Waals surface area (Å²) in [6, 6.07) is 26.2. The van der Waals surface area contributed by atoms with Gasteiger partial charge in [0.15, 0.2) is 0 Å². The number of ether oxygens (including phenoxy) is 1. The van der Waals surface area contributed by atoms with E-state index in [0.29, 0.717) is 16.9 Å². The van der Waals surface area contributed by atoms with Gasteiger partial charge in [-0.15, -0.1) is 0 Å². The number of hydrogen-bond donors (Lipinski definition) is 1. The largest absolute Gasteiger partial charge is 0.462 e. The number of aromatic nitrogens is 1. The van der Waals surface area contributed by atoms with Crippen LogP contribution in [0.4, 0.5) is 0 Å². The summed E-state index contributed by atoms with van der Waals surface area (Å²) in [5, 5.41) is 5.24. The molecule has 1 aromatic heterocycles. The molecule has 0 bridgehead atoms. The zero-order valence-corrected chi connectivity index (χ0v) is 19.2. The van der Waals surface area contributed by atoms with E-state index in [1.54, 1.807) is 25.1 Å². The van der Waals surface area contributed by atoms with Crippen LogP contribution in [0.5, 0.6) is 0 Å².